The molecular formula is C15H19N3O2S. The molecular weight excluding hydrogens is 286 g/mol. The van der Waals surface area contributed by atoms with Gasteiger partial charge in [-0.05, 0) is 43.3 Å². The van der Waals surface area contributed by atoms with E-state index in [0.29, 0.717) is 21.2 Å². The van der Waals surface area contributed by atoms with E-state index < -0.39 is 0 Å². The number of benzene rings is 1. The Morgan fingerprint density at radius 1 is 1.38 bits per heavy atom. The zero-order chi connectivity index (χ0) is 15.6. The highest BCUT2D eigenvalue weighted by molar-refractivity contribution is 7.71. The smallest absolute Gasteiger partial charge is 0.261 e. The van der Waals surface area contributed by atoms with E-state index in [2.05, 4.69) is 10.3 Å². The minimum atomic E-state index is -0.166. The molecule has 0 aliphatic heterocycles. The molecule has 2 aromatic rings. The number of nitrogens with one attached hydrogen (secondary N) is 2. The largest absolute Gasteiger partial charge is 0.349 e. The fourth-order valence-electron chi connectivity index (χ4n) is 2.21. The summed E-state index contributed by atoms with van der Waals surface area (Å²) in [5, 5.41) is 3.49. The summed E-state index contributed by atoms with van der Waals surface area (Å²) in [5.41, 5.74) is 0.939. The maximum absolute atomic E-state index is 12.2. The molecule has 0 bridgehead atoms. The van der Waals surface area contributed by atoms with Gasteiger partial charge in [0.05, 0.1) is 10.9 Å². The highest BCUT2D eigenvalue weighted by Crippen LogP contribution is 2.11. The number of aromatic amines is 1. The Hall–Kier alpha value is -1.95. The van der Waals surface area contributed by atoms with Gasteiger partial charge in [0.2, 0.25) is 0 Å². The number of hydrogen-bond donors (Lipinski definition) is 2. The molecule has 0 saturated carbocycles. The van der Waals surface area contributed by atoms with Gasteiger partial charge in [-0.3, -0.25) is 14.2 Å². The van der Waals surface area contributed by atoms with Crippen molar-refractivity contribution in [3.8, 4) is 0 Å². The van der Waals surface area contributed by atoms with E-state index in [9.17, 15) is 9.59 Å². The third-order valence-corrected chi connectivity index (χ3v) is 4.06. The third kappa shape index (κ3) is 3.05. The van der Waals surface area contributed by atoms with Crippen LogP contribution >= 0.6 is 12.2 Å². The first-order chi connectivity index (χ1) is 9.97. The van der Waals surface area contributed by atoms with Crippen LogP contribution in [0.2, 0.25) is 0 Å². The molecule has 6 heteroatoms. The van der Waals surface area contributed by atoms with E-state index in [1.54, 1.807) is 25.2 Å². The molecule has 0 spiro atoms. The second-order valence-electron chi connectivity index (χ2n) is 5.04. The monoisotopic (exact) mass is 305 g/mol. The van der Waals surface area contributed by atoms with Gasteiger partial charge < -0.3 is 10.3 Å². The Morgan fingerprint density at radius 3 is 2.67 bits per heavy atom. The van der Waals surface area contributed by atoms with Gasteiger partial charge >= 0.3 is 0 Å². The van der Waals surface area contributed by atoms with Crippen molar-refractivity contribution in [1.29, 1.82) is 0 Å². The molecule has 1 heterocycles. The van der Waals surface area contributed by atoms with E-state index in [4.69, 9.17) is 12.2 Å². The van der Waals surface area contributed by atoms with Gasteiger partial charge in [-0.25, -0.2) is 0 Å². The number of fused-ring (bicyclic) bond motifs is 1. The lowest BCUT2D eigenvalue weighted by Crippen LogP contribution is -2.33. The first-order valence-corrected chi connectivity index (χ1v) is 7.42. The van der Waals surface area contributed by atoms with E-state index in [-0.39, 0.29) is 17.5 Å². The molecule has 1 aromatic heterocycles. The standard InChI is InChI=1S/C15H19N3O2S/c1-4-10(5-2)16-13(19)9-6-7-11-12(8-9)17-15(21)18(3)14(11)20/h6-8,10H,4-5H2,1-3H3,(H,16,19)(H,17,21). The summed E-state index contributed by atoms with van der Waals surface area (Å²) in [6, 6.07) is 5.16. The van der Waals surface area contributed by atoms with Crippen molar-refractivity contribution in [2.75, 3.05) is 0 Å². The number of carbonyl (C=O) groups is 1. The lowest BCUT2D eigenvalue weighted by molar-refractivity contribution is 0.0935. The second kappa shape index (κ2) is 6.22. The number of rotatable bonds is 4. The lowest BCUT2D eigenvalue weighted by atomic mass is 10.1. The maximum Gasteiger partial charge on any atom is 0.261 e. The Labute approximate surface area is 128 Å². The Morgan fingerprint density at radius 2 is 2.05 bits per heavy atom. The zero-order valence-corrected chi connectivity index (χ0v) is 13.2. The Bertz CT molecular complexity index is 788. The van der Waals surface area contributed by atoms with Crippen LogP contribution in [0.3, 0.4) is 0 Å². The predicted octanol–water partition coefficient (Wildman–Crippen LogP) is 2.51. The van der Waals surface area contributed by atoms with Crippen LogP contribution in [0, 0.1) is 4.77 Å². The van der Waals surface area contributed by atoms with Gasteiger partial charge in [-0.1, -0.05) is 13.8 Å². The van der Waals surface area contributed by atoms with Crippen LogP contribution in [0.25, 0.3) is 10.9 Å². The molecule has 0 radical (unpaired) electrons. The molecule has 1 amide bonds. The average Bonchev–Trinajstić information content (AvgIpc) is 2.49. The molecule has 21 heavy (non-hydrogen) atoms. The normalized spacial score (nSPS) is 11.0. The van der Waals surface area contributed by atoms with Crippen LogP contribution in [0.15, 0.2) is 23.0 Å². The summed E-state index contributed by atoms with van der Waals surface area (Å²) in [5.74, 6) is -0.134. The second-order valence-corrected chi connectivity index (χ2v) is 5.43. The van der Waals surface area contributed by atoms with Crippen molar-refractivity contribution in [3.05, 3.63) is 38.9 Å². The molecule has 2 N–H and O–H groups in total. The average molecular weight is 305 g/mol. The molecule has 0 saturated heterocycles. The first-order valence-electron chi connectivity index (χ1n) is 7.01. The van der Waals surface area contributed by atoms with Crippen molar-refractivity contribution in [2.45, 2.75) is 32.7 Å². The van der Waals surface area contributed by atoms with Crippen LogP contribution in [0.4, 0.5) is 0 Å². The quantitative estimate of drug-likeness (QED) is 0.853. The summed E-state index contributed by atoms with van der Waals surface area (Å²) in [7, 11) is 1.62. The van der Waals surface area contributed by atoms with Gasteiger partial charge in [0, 0.05) is 18.7 Å². The Balaban J connectivity index is 2.44. The minimum Gasteiger partial charge on any atom is -0.349 e. The molecule has 0 atom stereocenters. The van der Waals surface area contributed by atoms with Crippen LogP contribution in [0.1, 0.15) is 37.0 Å². The lowest BCUT2D eigenvalue weighted by Gasteiger charge is -2.14. The van der Waals surface area contributed by atoms with Gasteiger partial charge in [0.15, 0.2) is 4.77 Å². The van der Waals surface area contributed by atoms with Crippen molar-refractivity contribution < 1.29 is 4.79 Å². The zero-order valence-electron chi connectivity index (χ0n) is 12.4. The van der Waals surface area contributed by atoms with Gasteiger partial charge in [-0.2, -0.15) is 0 Å². The van der Waals surface area contributed by atoms with E-state index in [1.807, 2.05) is 13.8 Å². The summed E-state index contributed by atoms with van der Waals surface area (Å²) < 4.78 is 1.71. The topological polar surface area (TPSA) is 66.9 Å². The number of hydrogen-bond acceptors (Lipinski definition) is 3. The molecule has 0 aliphatic carbocycles. The Kier molecular flexibility index (Phi) is 4.57. The van der Waals surface area contributed by atoms with Crippen molar-refractivity contribution in [1.82, 2.24) is 14.9 Å². The summed E-state index contributed by atoms with van der Waals surface area (Å²) in [6.45, 7) is 4.07. The first kappa shape index (κ1) is 15.4. The van der Waals surface area contributed by atoms with E-state index >= 15 is 0 Å². The fourth-order valence-corrected chi connectivity index (χ4v) is 2.40. The number of amides is 1. The fraction of sp³-hybridized carbons (Fsp3) is 0.400. The minimum absolute atomic E-state index is 0.134. The molecule has 0 fully saturated rings. The predicted molar refractivity (Wildman–Crippen MR) is 86.2 cm³/mol. The van der Waals surface area contributed by atoms with Crippen LogP contribution < -0.4 is 10.9 Å². The van der Waals surface area contributed by atoms with Gasteiger partial charge in [0.1, 0.15) is 0 Å². The summed E-state index contributed by atoms with van der Waals surface area (Å²) >= 11 is 5.09. The van der Waals surface area contributed by atoms with Crippen LogP contribution in [-0.4, -0.2) is 21.5 Å². The number of nitrogens with zero attached hydrogens (tertiary/aromatic N) is 1. The van der Waals surface area contributed by atoms with Gasteiger partial charge in [0.25, 0.3) is 11.5 Å². The van der Waals surface area contributed by atoms with E-state index in [1.165, 1.54) is 4.57 Å². The van der Waals surface area contributed by atoms with Crippen molar-refractivity contribution in [3.63, 3.8) is 0 Å². The molecule has 5 nitrogen and oxygen atoms in total. The van der Waals surface area contributed by atoms with Gasteiger partial charge in [-0.15, -0.1) is 0 Å². The molecule has 0 aliphatic rings. The molecule has 0 unspecified atom stereocenters. The van der Waals surface area contributed by atoms with Crippen LogP contribution in [-0.2, 0) is 7.05 Å². The van der Waals surface area contributed by atoms with Crippen LogP contribution in [0.5, 0.6) is 0 Å². The molecule has 112 valence electrons. The summed E-state index contributed by atoms with van der Waals surface area (Å²) in [4.78, 5) is 27.3. The maximum atomic E-state index is 12.2. The number of aromatic nitrogens is 2. The highest BCUT2D eigenvalue weighted by atomic mass is 32.1. The van der Waals surface area contributed by atoms with Crippen molar-refractivity contribution >= 4 is 29.0 Å². The molecule has 2 rings (SSSR count). The highest BCUT2D eigenvalue weighted by Gasteiger charge is 2.12. The third-order valence-electron chi connectivity index (χ3n) is 3.68. The van der Waals surface area contributed by atoms with Crippen molar-refractivity contribution in [2.24, 2.45) is 7.05 Å². The summed E-state index contributed by atoms with van der Waals surface area (Å²) in [6.07, 6.45) is 1.78. The molecule has 1 aromatic carbocycles. The van der Waals surface area contributed by atoms with E-state index in [0.717, 1.165) is 12.8 Å². The SMILES string of the molecule is CCC(CC)NC(=O)c1ccc2c(=O)n(C)c(=S)[nH]c2c1. The number of H-pyrrole nitrogens is 1. The number of carbonyl (C=O) groups excluding carboxylic acids is 1.